The molecule has 1 aromatic heterocycles. The fourth-order valence-electron chi connectivity index (χ4n) is 1.96. The number of nitrogens with zero attached hydrogens (tertiary/aromatic N) is 2. The lowest BCUT2D eigenvalue weighted by atomic mass is 10.1. The summed E-state index contributed by atoms with van der Waals surface area (Å²) in [5, 5.41) is 7.05. The number of nitrogens with one attached hydrogen (secondary N) is 1. The van der Waals surface area contributed by atoms with Crippen LogP contribution in [0.3, 0.4) is 0 Å². The third-order valence-electron chi connectivity index (χ3n) is 2.91. The van der Waals surface area contributed by atoms with Gasteiger partial charge in [0.2, 0.25) is 5.89 Å². The Bertz CT molecular complexity index is 571. The van der Waals surface area contributed by atoms with Gasteiger partial charge >= 0.3 is 0 Å². The molecule has 108 valence electrons. The number of benzene rings is 1. The average molecular weight is 281 g/mol. The molecular weight excluding hydrogens is 264 g/mol. The predicted octanol–water partition coefficient (Wildman–Crippen LogP) is 2.48. The van der Waals surface area contributed by atoms with Gasteiger partial charge in [-0.3, -0.25) is 0 Å². The van der Waals surface area contributed by atoms with Crippen molar-refractivity contribution in [3.05, 3.63) is 47.1 Å². The second-order valence-electron chi connectivity index (χ2n) is 4.68. The molecule has 6 heteroatoms. The Labute approximate surface area is 116 Å². The van der Waals surface area contributed by atoms with Crippen LogP contribution >= 0.6 is 0 Å². The summed E-state index contributed by atoms with van der Waals surface area (Å²) in [6, 6.07) is 3.69. The molecule has 0 saturated carbocycles. The van der Waals surface area contributed by atoms with Gasteiger partial charge in [-0.25, -0.2) is 8.78 Å². The molecule has 0 radical (unpaired) electrons. The van der Waals surface area contributed by atoms with Crippen molar-refractivity contribution in [3.63, 3.8) is 0 Å². The largest absolute Gasteiger partial charge is 0.339 e. The molecule has 1 aromatic carbocycles. The minimum absolute atomic E-state index is 0.186. The number of hydrogen-bond acceptors (Lipinski definition) is 4. The molecule has 2 rings (SSSR count). The minimum atomic E-state index is -0.600. The van der Waals surface area contributed by atoms with Gasteiger partial charge in [0.05, 0.1) is 0 Å². The topological polar surface area (TPSA) is 51.0 Å². The Morgan fingerprint density at radius 2 is 2.15 bits per heavy atom. The molecule has 0 aliphatic rings. The highest BCUT2D eigenvalue weighted by Crippen LogP contribution is 2.13. The number of likely N-dealkylation sites (N-methyl/N-ethyl adjacent to an activating group) is 1. The SMILES string of the molecule is CCNC(C)Cc1nc(Cc2ccc(F)cc2F)no1. The van der Waals surface area contributed by atoms with E-state index in [1.54, 1.807) is 0 Å². The Hall–Kier alpha value is -1.82. The quantitative estimate of drug-likeness (QED) is 0.883. The molecule has 2 aromatic rings. The first-order valence-electron chi connectivity index (χ1n) is 6.57. The zero-order valence-corrected chi connectivity index (χ0v) is 11.5. The lowest BCUT2D eigenvalue weighted by molar-refractivity contribution is 0.359. The maximum atomic E-state index is 13.5. The van der Waals surface area contributed by atoms with Crippen molar-refractivity contribution in [1.29, 1.82) is 0 Å². The fourth-order valence-corrected chi connectivity index (χ4v) is 1.96. The van der Waals surface area contributed by atoms with Gasteiger partial charge in [-0.15, -0.1) is 0 Å². The van der Waals surface area contributed by atoms with Crippen LogP contribution in [-0.4, -0.2) is 22.7 Å². The zero-order chi connectivity index (χ0) is 14.5. The fraction of sp³-hybridized carbons (Fsp3) is 0.429. The highest BCUT2D eigenvalue weighted by atomic mass is 19.1. The van der Waals surface area contributed by atoms with E-state index in [1.165, 1.54) is 12.1 Å². The second-order valence-corrected chi connectivity index (χ2v) is 4.68. The molecule has 0 aliphatic carbocycles. The van der Waals surface area contributed by atoms with Crippen molar-refractivity contribution in [2.75, 3.05) is 6.54 Å². The predicted molar refractivity (Wildman–Crippen MR) is 70.3 cm³/mol. The Morgan fingerprint density at radius 3 is 2.85 bits per heavy atom. The lowest BCUT2D eigenvalue weighted by Gasteiger charge is -2.07. The van der Waals surface area contributed by atoms with Crippen molar-refractivity contribution in [1.82, 2.24) is 15.5 Å². The Morgan fingerprint density at radius 1 is 1.35 bits per heavy atom. The number of halogens is 2. The summed E-state index contributed by atoms with van der Waals surface area (Å²) in [7, 11) is 0. The molecule has 1 unspecified atom stereocenters. The molecule has 20 heavy (non-hydrogen) atoms. The highest BCUT2D eigenvalue weighted by Gasteiger charge is 2.12. The molecule has 0 bridgehead atoms. The number of hydrogen-bond donors (Lipinski definition) is 1. The molecule has 1 N–H and O–H groups in total. The first kappa shape index (κ1) is 14.6. The molecule has 1 heterocycles. The summed E-state index contributed by atoms with van der Waals surface area (Å²) in [5.41, 5.74) is 0.346. The average Bonchev–Trinajstić information content (AvgIpc) is 2.80. The first-order chi connectivity index (χ1) is 9.58. The number of rotatable bonds is 6. The van der Waals surface area contributed by atoms with E-state index in [4.69, 9.17) is 4.52 Å². The van der Waals surface area contributed by atoms with E-state index in [9.17, 15) is 8.78 Å². The maximum absolute atomic E-state index is 13.5. The van der Waals surface area contributed by atoms with Gasteiger partial charge < -0.3 is 9.84 Å². The van der Waals surface area contributed by atoms with E-state index < -0.39 is 11.6 Å². The Balaban J connectivity index is 2.02. The van der Waals surface area contributed by atoms with Crippen LogP contribution in [0.5, 0.6) is 0 Å². The molecule has 0 amide bonds. The summed E-state index contributed by atoms with van der Waals surface area (Å²) in [5.74, 6) is -0.290. The molecule has 0 spiro atoms. The van der Waals surface area contributed by atoms with Crippen molar-refractivity contribution < 1.29 is 13.3 Å². The third-order valence-corrected chi connectivity index (χ3v) is 2.91. The molecule has 0 fully saturated rings. The zero-order valence-electron chi connectivity index (χ0n) is 11.5. The minimum Gasteiger partial charge on any atom is -0.339 e. The monoisotopic (exact) mass is 281 g/mol. The normalized spacial score (nSPS) is 12.6. The van der Waals surface area contributed by atoms with E-state index in [0.717, 1.165) is 12.6 Å². The van der Waals surface area contributed by atoms with Gasteiger partial charge in [-0.05, 0) is 25.1 Å². The van der Waals surface area contributed by atoms with Crippen molar-refractivity contribution in [3.8, 4) is 0 Å². The maximum Gasteiger partial charge on any atom is 0.228 e. The van der Waals surface area contributed by atoms with E-state index in [0.29, 0.717) is 23.7 Å². The Kier molecular flexibility index (Phi) is 4.79. The van der Waals surface area contributed by atoms with Gasteiger partial charge in [0.25, 0.3) is 0 Å². The van der Waals surface area contributed by atoms with Crippen LogP contribution in [0.25, 0.3) is 0 Å². The molecule has 0 aliphatic heterocycles. The van der Waals surface area contributed by atoms with Gasteiger partial charge in [0.1, 0.15) is 11.6 Å². The van der Waals surface area contributed by atoms with E-state index >= 15 is 0 Å². The summed E-state index contributed by atoms with van der Waals surface area (Å²) in [6.07, 6.45) is 0.804. The van der Waals surface area contributed by atoms with Crippen molar-refractivity contribution >= 4 is 0 Å². The number of aromatic nitrogens is 2. The summed E-state index contributed by atoms with van der Waals surface area (Å²) in [4.78, 5) is 4.21. The third kappa shape index (κ3) is 3.84. The van der Waals surface area contributed by atoms with Crippen LogP contribution in [0.15, 0.2) is 22.7 Å². The van der Waals surface area contributed by atoms with Gasteiger partial charge in [-0.2, -0.15) is 4.98 Å². The molecule has 0 saturated heterocycles. The summed E-state index contributed by atoms with van der Waals surface area (Å²) < 4.78 is 31.4. The van der Waals surface area contributed by atoms with E-state index in [1.807, 2.05) is 13.8 Å². The first-order valence-corrected chi connectivity index (χ1v) is 6.57. The second kappa shape index (κ2) is 6.56. The van der Waals surface area contributed by atoms with Crippen molar-refractivity contribution in [2.45, 2.75) is 32.7 Å². The van der Waals surface area contributed by atoms with Crippen LogP contribution in [0, 0.1) is 11.6 Å². The van der Waals surface area contributed by atoms with Crippen molar-refractivity contribution in [2.24, 2.45) is 0 Å². The van der Waals surface area contributed by atoms with Crippen LogP contribution in [0.2, 0.25) is 0 Å². The lowest BCUT2D eigenvalue weighted by Crippen LogP contribution is -2.27. The van der Waals surface area contributed by atoms with Gasteiger partial charge in [0, 0.05) is 24.9 Å². The van der Waals surface area contributed by atoms with E-state index in [-0.39, 0.29) is 12.5 Å². The highest BCUT2D eigenvalue weighted by molar-refractivity contribution is 5.21. The van der Waals surface area contributed by atoms with Crippen LogP contribution in [0.1, 0.15) is 31.1 Å². The standard InChI is InChI=1S/C14H17F2N3O/c1-3-17-9(2)6-14-18-13(19-20-14)7-10-4-5-11(15)8-12(10)16/h4-5,8-9,17H,3,6-7H2,1-2H3. The summed E-state index contributed by atoms with van der Waals surface area (Å²) >= 11 is 0. The van der Waals surface area contributed by atoms with Gasteiger partial charge in [0.15, 0.2) is 5.82 Å². The van der Waals surface area contributed by atoms with E-state index in [2.05, 4.69) is 15.5 Å². The van der Waals surface area contributed by atoms with Crippen LogP contribution in [0.4, 0.5) is 8.78 Å². The van der Waals surface area contributed by atoms with Crippen LogP contribution < -0.4 is 5.32 Å². The molecule has 1 atom stereocenters. The molecule has 4 nitrogen and oxygen atoms in total. The summed E-state index contributed by atoms with van der Waals surface area (Å²) in [6.45, 7) is 4.91. The molecular formula is C14H17F2N3O. The van der Waals surface area contributed by atoms with Crippen LogP contribution in [-0.2, 0) is 12.8 Å². The smallest absolute Gasteiger partial charge is 0.228 e. The van der Waals surface area contributed by atoms with Gasteiger partial charge in [-0.1, -0.05) is 18.1 Å².